The molecule has 1 heterocycles. The molecule has 1 atom stereocenters. The van der Waals surface area contributed by atoms with Gasteiger partial charge < -0.3 is 10.2 Å². The number of hydrogen-bond acceptors (Lipinski definition) is 2. The van der Waals surface area contributed by atoms with E-state index in [0.717, 1.165) is 24.8 Å². The zero-order chi connectivity index (χ0) is 14.2. The van der Waals surface area contributed by atoms with Crippen LogP contribution in [0.5, 0.6) is 0 Å². The van der Waals surface area contributed by atoms with E-state index in [1.165, 1.54) is 0 Å². The topological polar surface area (TPSA) is 49.4 Å². The highest BCUT2D eigenvalue weighted by Crippen LogP contribution is 2.38. The van der Waals surface area contributed by atoms with Crippen molar-refractivity contribution in [2.75, 3.05) is 6.54 Å². The van der Waals surface area contributed by atoms with Crippen LogP contribution in [0, 0.1) is 0 Å². The lowest BCUT2D eigenvalue weighted by Gasteiger charge is -2.50. The predicted octanol–water partition coefficient (Wildman–Crippen LogP) is 1.50. The summed E-state index contributed by atoms with van der Waals surface area (Å²) in [5.74, 6) is 0.0225. The van der Waals surface area contributed by atoms with Crippen molar-refractivity contribution < 1.29 is 9.59 Å². The fourth-order valence-corrected chi connectivity index (χ4v) is 3.11. The van der Waals surface area contributed by atoms with E-state index in [1.54, 1.807) is 4.90 Å². The van der Waals surface area contributed by atoms with E-state index in [-0.39, 0.29) is 23.9 Å². The molecule has 1 aliphatic heterocycles. The van der Waals surface area contributed by atoms with Gasteiger partial charge in [-0.15, -0.1) is 0 Å². The Morgan fingerprint density at radius 2 is 1.95 bits per heavy atom. The summed E-state index contributed by atoms with van der Waals surface area (Å²) < 4.78 is 0. The lowest BCUT2D eigenvalue weighted by molar-refractivity contribution is -0.153. The highest BCUT2D eigenvalue weighted by molar-refractivity contribution is 5.95. The van der Waals surface area contributed by atoms with Gasteiger partial charge in [-0.05, 0) is 31.7 Å². The van der Waals surface area contributed by atoms with Crippen molar-refractivity contribution in [3.05, 3.63) is 35.9 Å². The molecule has 1 saturated carbocycles. The highest BCUT2D eigenvalue weighted by Gasteiger charge is 2.45. The van der Waals surface area contributed by atoms with E-state index in [4.69, 9.17) is 0 Å². The number of hydrogen-bond donors (Lipinski definition) is 1. The summed E-state index contributed by atoms with van der Waals surface area (Å²) in [5, 5.41) is 2.83. The first-order chi connectivity index (χ1) is 9.58. The second-order valence-corrected chi connectivity index (χ2v) is 6.08. The van der Waals surface area contributed by atoms with Crippen LogP contribution in [0.15, 0.2) is 30.3 Å². The maximum absolute atomic E-state index is 12.6. The van der Waals surface area contributed by atoms with Crippen molar-refractivity contribution in [3.63, 3.8) is 0 Å². The second kappa shape index (κ2) is 4.93. The van der Waals surface area contributed by atoms with E-state index in [9.17, 15) is 9.59 Å². The standard InChI is InChI=1S/C16H20N2O2/c1-16(8-5-9-16)18-11-14(19)17-13(15(18)20)10-12-6-3-2-4-7-12/h2-4,6-7,13H,5,8-11H2,1H3,(H,17,19). The quantitative estimate of drug-likeness (QED) is 0.906. The second-order valence-electron chi connectivity index (χ2n) is 6.08. The van der Waals surface area contributed by atoms with Crippen LogP contribution in [0.4, 0.5) is 0 Å². The normalized spacial score (nSPS) is 25.1. The van der Waals surface area contributed by atoms with Crippen LogP contribution >= 0.6 is 0 Å². The molecule has 1 N–H and O–H groups in total. The van der Waals surface area contributed by atoms with Gasteiger partial charge in [0.15, 0.2) is 0 Å². The fraction of sp³-hybridized carbons (Fsp3) is 0.500. The number of nitrogens with zero attached hydrogens (tertiary/aromatic N) is 1. The minimum absolute atomic E-state index is 0.0429. The number of carbonyl (C=O) groups excluding carboxylic acids is 2. The van der Waals surface area contributed by atoms with Gasteiger partial charge in [-0.25, -0.2) is 0 Å². The molecular formula is C16H20N2O2. The number of nitrogens with one attached hydrogen (secondary N) is 1. The fourth-order valence-electron chi connectivity index (χ4n) is 3.11. The van der Waals surface area contributed by atoms with Gasteiger partial charge in [-0.2, -0.15) is 0 Å². The third-order valence-corrected chi connectivity index (χ3v) is 4.57. The van der Waals surface area contributed by atoms with Crippen LogP contribution in [0.1, 0.15) is 31.7 Å². The van der Waals surface area contributed by atoms with Crippen LogP contribution < -0.4 is 5.32 Å². The third kappa shape index (κ3) is 2.30. The lowest BCUT2D eigenvalue weighted by atomic mass is 9.76. The molecule has 1 saturated heterocycles. The number of rotatable bonds is 3. The van der Waals surface area contributed by atoms with Gasteiger partial charge >= 0.3 is 0 Å². The first kappa shape index (κ1) is 13.2. The summed E-state index contributed by atoms with van der Waals surface area (Å²) in [5.41, 5.74) is 0.968. The summed E-state index contributed by atoms with van der Waals surface area (Å²) >= 11 is 0. The number of piperazine rings is 1. The molecule has 0 bridgehead atoms. The Labute approximate surface area is 119 Å². The Hall–Kier alpha value is -1.84. The molecule has 0 spiro atoms. The van der Waals surface area contributed by atoms with Crippen molar-refractivity contribution in [2.45, 2.75) is 44.2 Å². The van der Waals surface area contributed by atoms with E-state index >= 15 is 0 Å². The van der Waals surface area contributed by atoms with E-state index in [1.807, 2.05) is 30.3 Å². The molecule has 20 heavy (non-hydrogen) atoms. The monoisotopic (exact) mass is 272 g/mol. The van der Waals surface area contributed by atoms with Gasteiger partial charge in [0.05, 0.1) is 0 Å². The zero-order valence-electron chi connectivity index (χ0n) is 11.8. The summed E-state index contributed by atoms with van der Waals surface area (Å²) in [7, 11) is 0. The van der Waals surface area contributed by atoms with Crippen molar-refractivity contribution in [3.8, 4) is 0 Å². The minimum atomic E-state index is -0.420. The maximum atomic E-state index is 12.6. The maximum Gasteiger partial charge on any atom is 0.246 e. The molecule has 1 aromatic carbocycles. The van der Waals surface area contributed by atoms with Gasteiger partial charge in [0.25, 0.3) is 0 Å². The molecule has 1 unspecified atom stereocenters. The molecular weight excluding hydrogens is 252 g/mol. The van der Waals surface area contributed by atoms with Gasteiger partial charge in [0.1, 0.15) is 12.6 Å². The Balaban J connectivity index is 1.77. The average molecular weight is 272 g/mol. The largest absolute Gasteiger partial charge is 0.342 e. The van der Waals surface area contributed by atoms with Crippen LogP contribution in [-0.2, 0) is 16.0 Å². The van der Waals surface area contributed by atoms with Crippen molar-refractivity contribution in [1.29, 1.82) is 0 Å². The SMILES string of the molecule is CC1(N2CC(=O)NC(Cc3ccccc3)C2=O)CCC1. The summed E-state index contributed by atoms with van der Waals surface area (Å²) in [6.07, 6.45) is 3.72. The minimum Gasteiger partial charge on any atom is -0.342 e. The highest BCUT2D eigenvalue weighted by atomic mass is 16.2. The molecule has 1 aliphatic carbocycles. The Morgan fingerprint density at radius 3 is 2.55 bits per heavy atom. The molecule has 2 fully saturated rings. The molecule has 0 radical (unpaired) electrons. The number of amides is 2. The Bertz CT molecular complexity index is 523. The van der Waals surface area contributed by atoms with Crippen molar-refractivity contribution in [2.24, 2.45) is 0 Å². The number of carbonyl (C=O) groups is 2. The molecule has 0 aromatic heterocycles. The Morgan fingerprint density at radius 1 is 1.25 bits per heavy atom. The molecule has 3 rings (SSSR count). The molecule has 4 heteroatoms. The van der Waals surface area contributed by atoms with Crippen LogP contribution in [-0.4, -0.2) is 34.8 Å². The average Bonchev–Trinajstić information content (AvgIpc) is 2.41. The summed E-state index contributed by atoms with van der Waals surface area (Å²) in [6.45, 7) is 2.30. The third-order valence-electron chi connectivity index (χ3n) is 4.57. The van der Waals surface area contributed by atoms with Crippen molar-refractivity contribution in [1.82, 2.24) is 10.2 Å². The van der Waals surface area contributed by atoms with E-state index < -0.39 is 6.04 Å². The van der Waals surface area contributed by atoms with Gasteiger partial charge in [-0.3, -0.25) is 9.59 Å². The summed E-state index contributed by atoms with van der Waals surface area (Å²) in [4.78, 5) is 26.3. The molecule has 1 aromatic rings. The first-order valence-electron chi connectivity index (χ1n) is 7.23. The molecule has 2 amide bonds. The lowest BCUT2D eigenvalue weighted by Crippen LogP contribution is -2.66. The van der Waals surface area contributed by atoms with Crippen LogP contribution in [0.2, 0.25) is 0 Å². The predicted molar refractivity (Wildman–Crippen MR) is 76.0 cm³/mol. The van der Waals surface area contributed by atoms with E-state index in [2.05, 4.69) is 12.2 Å². The van der Waals surface area contributed by atoms with Crippen molar-refractivity contribution >= 4 is 11.8 Å². The van der Waals surface area contributed by atoms with Gasteiger partial charge in [0, 0.05) is 12.0 Å². The van der Waals surface area contributed by atoms with E-state index in [0.29, 0.717) is 6.42 Å². The molecule has 4 nitrogen and oxygen atoms in total. The molecule has 2 aliphatic rings. The molecule has 106 valence electrons. The zero-order valence-corrected chi connectivity index (χ0v) is 11.8. The number of benzene rings is 1. The van der Waals surface area contributed by atoms with Gasteiger partial charge in [-0.1, -0.05) is 30.3 Å². The van der Waals surface area contributed by atoms with Gasteiger partial charge in [0.2, 0.25) is 11.8 Å². The first-order valence-corrected chi connectivity index (χ1v) is 7.23. The smallest absolute Gasteiger partial charge is 0.246 e. The van der Waals surface area contributed by atoms with Crippen LogP contribution in [0.25, 0.3) is 0 Å². The summed E-state index contributed by atoms with van der Waals surface area (Å²) in [6, 6.07) is 9.42. The van der Waals surface area contributed by atoms with Crippen LogP contribution in [0.3, 0.4) is 0 Å². The Kier molecular flexibility index (Phi) is 3.24.